The maximum absolute atomic E-state index is 13.2. The Balaban J connectivity index is 1.28. The lowest BCUT2D eigenvalue weighted by molar-refractivity contribution is -0.141. The molecule has 32 heavy (non-hydrogen) atoms. The molecule has 174 valence electrons. The van der Waals surface area contributed by atoms with Gasteiger partial charge in [-0.15, -0.1) is 10.2 Å². The number of amides is 4. The number of urea groups is 1. The van der Waals surface area contributed by atoms with Crippen LogP contribution in [0.5, 0.6) is 0 Å². The number of fused-ring (bicyclic) bond motifs is 1. The highest BCUT2D eigenvalue weighted by Gasteiger charge is 2.56. The van der Waals surface area contributed by atoms with E-state index < -0.39 is 5.54 Å². The van der Waals surface area contributed by atoms with Gasteiger partial charge in [-0.3, -0.25) is 14.5 Å². The molecule has 0 radical (unpaired) electrons. The Labute approximate surface area is 189 Å². The number of likely N-dealkylation sites (tertiary alicyclic amines) is 1. The van der Waals surface area contributed by atoms with Crippen LogP contribution in [0.15, 0.2) is 0 Å². The molecule has 3 fully saturated rings. The van der Waals surface area contributed by atoms with Crippen LogP contribution in [0, 0.1) is 0 Å². The summed E-state index contributed by atoms with van der Waals surface area (Å²) in [4.78, 5) is 43.9. The maximum atomic E-state index is 13.2. The Hall–Kier alpha value is -2.45. The maximum Gasteiger partial charge on any atom is 0.327 e. The lowest BCUT2D eigenvalue weighted by Crippen LogP contribution is -2.50. The van der Waals surface area contributed by atoms with Crippen molar-refractivity contribution in [3.8, 4) is 0 Å². The molecular formula is C23H34N6O3. The molecule has 4 aliphatic rings. The standard InChI is InChI=1S/C23H34N6O3/c1-26-22(32)29(21(31)23(26)11-5-3-6-12-23)16-19(30)27-13-8-9-17(15-27)20-25-24-18-10-4-2-7-14-28(18)20/h17H,2-16H2,1H3. The van der Waals surface area contributed by atoms with E-state index in [4.69, 9.17) is 0 Å². The largest absolute Gasteiger partial charge is 0.340 e. The number of aryl methyl sites for hydroxylation is 1. The highest BCUT2D eigenvalue weighted by atomic mass is 16.2. The molecule has 0 bridgehead atoms. The Morgan fingerprint density at radius 2 is 1.78 bits per heavy atom. The van der Waals surface area contributed by atoms with Gasteiger partial charge in [0.1, 0.15) is 23.7 Å². The number of piperidine rings is 1. The molecule has 9 nitrogen and oxygen atoms in total. The second kappa shape index (κ2) is 8.48. The topological polar surface area (TPSA) is 91.6 Å². The number of carbonyl (C=O) groups is 3. The molecule has 1 aromatic rings. The van der Waals surface area contributed by atoms with Crippen LogP contribution >= 0.6 is 0 Å². The molecule has 0 aromatic carbocycles. The van der Waals surface area contributed by atoms with Crippen LogP contribution < -0.4 is 0 Å². The van der Waals surface area contributed by atoms with Crippen LogP contribution in [0.25, 0.3) is 0 Å². The highest BCUT2D eigenvalue weighted by molar-refractivity contribution is 6.08. The lowest BCUT2D eigenvalue weighted by atomic mass is 9.81. The van der Waals surface area contributed by atoms with Crippen molar-refractivity contribution in [3.63, 3.8) is 0 Å². The van der Waals surface area contributed by atoms with Crippen molar-refractivity contribution in [3.05, 3.63) is 11.6 Å². The number of imide groups is 1. The van der Waals surface area contributed by atoms with Crippen molar-refractivity contribution < 1.29 is 14.4 Å². The summed E-state index contributed by atoms with van der Waals surface area (Å²) in [6.45, 7) is 2.03. The average molecular weight is 443 g/mol. The first kappa shape index (κ1) is 21.4. The summed E-state index contributed by atoms with van der Waals surface area (Å²) in [6.07, 6.45) is 10.7. The number of aromatic nitrogens is 3. The first-order valence-corrected chi connectivity index (χ1v) is 12.3. The Morgan fingerprint density at radius 1 is 1.00 bits per heavy atom. The third kappa shape index (κ3) is 3.49. The summed E-state index contributed by atoms with van der Waals surface area (Å²) in [5.41, 5.74) is -0.737. The normalized spacial score (nSPS) is 25.9. The summed E-state index contributed by atoms with van der Waals surface area (Å²) < 4.78 is 2.26. The predicted molar refractivity (Wildman–Crippen MR) is 117 cm³/mol. The number of carbonyl (C=O) groups excluding carboxylic acids is 3. The molecule has 1 atom stereocenters. The van der Waals surface area contributed by atoms with Gasteiger partial charge in [0.2, 0.25) is 5.91 Å². The molecule has 9 heteroatoms. The van der Waals surface area contributed by atoms with Gasteiger partial charge in [0.05, 0.1) is 0 Å². The summed E-state index contributed by atoms with van der Waals surface area (Å²) in [7, 11) is 1.71. The van der Waals surface area contributed by atoms with E-state index in [1.165, 1.54) is 11.3 Å². The van der Waals surface area contributed by atoms with Gasteiger partial charge in [-0.1, -0.05) is 25.7 Å². The van der Waals surface area contributed by atoms with Crippen molar-refractivity contribution in [1.82, 2.24) is 29.5 Å². The summed E-state index contributed by atoms with van der Waals surface area (Å²) in [5, 5.41) is 8.93. The molecule has 1 aromatic heterocycles. The highest BCUT2D eigenvalue weighted by Crippen LogP contribution is 2.39. The first-order valence-electron chi connectivity index (χ1n) is 12.3. The zero-order chi connectivity index (χ0) is 22.3. The molecule has 3 aliphatic heterocycles. The molecule has 1 unspecified atom stereocenters. The fourth-order valence-electron chi connectivity index (χ4n) is 6.13. The van der Waals surface area contributed by atoms with Gasteiger partial charge in [-0.05, 0) is 38.5 Å². The second-order valence-electron chi connectivity index (χ2n) is 9.94. The second-order valence-corrected chi connectivity index (χ2v) is 9.94. The number of rotatable bonds is 3. The van der Waals surface area contributed by atoms with Crippen molar-refractivity contribution in [2.45, 2.75) is 88.6 Å². The third-order valence-electron chi connectivity index (χ3n) is 8.05. The lowest BCUT2D eigenvalue weighted by Gasteiger charge is -2.36. The molecule has 1 spiro atoms. The molecule has 1 saturated carbocycles. The minimum Gasteiger partial charge on any atom is -0.340 e. The van der Waals surface area contributed by atoms with Crippen LogP contribution in [0.3, 0.4) is 0 Å². The molecule has 1 aliphatic carbocycles. The van der Waals surface area contributed by atoms with Gasteiger partial charge in [-0.25, -0.2) is 4.79 Å². The van der Waals surface area contributed by atoms with E-state index >= 15 is 0 Å². The van der Waals surface area contributed by atoms with Crippen molar-refractivity contribution in [1.29, 1.82) is 0 Å². The summed E-state index contributed by atoms with van der Waals surface area (Å²) in [6, 6.07) is -0.332. The van der Waals surface area contributed by atoms with Gasteiger partial charge >= 0.3 is 6.03 Å². The third-order valence-corrected chi connectivity index (χ3v) is 8.05. The van der Waals surface area contributed by atoms with E-state index in [1.807, 2.05) is 4.90 Å². The number of hydrogen-bond donors (Lipinski definition) is 0. The number of likely N-dealkylation sites (N-methyl/N-ethyl adjacent to an activating group) is 1. The zero-order valence-corrected chi connectivity index (χ0v) is 19.1. The van der Waals surface area contributed by atoms with E-state index in [-0.39, 0.29) is 30.3 Å². The smallest absolute Gasteiger partial charge is 0.327 e. The van der Waals surface area contributed by atoms with Gasteiger partial charge in [0.15, 0.2) is 0 Å². The fraction of sp³-hybridized carbons (Fsp3) is 0.783. The monoisotopic (exact) mass is 442 g/mol. The minimum absolute atomic E-state index is 0.145. The van der Waals surface area contributed by atoms with Crippen LogP contribution in [-0.2, 0) is 22.6 Å². The van der Waals surface area contributed by atoms with Crippen LogP contribution in [0.4, 0.5) is 4.79 Å². The number of nitrogens with zero attached hydrogens (tertiary/aromatic N) is 6. The fourth-order valence-corrected chi connectivity index (χ4v) is 6.13. The molecule has 2 saturated heterocycles. The Morgan fingerprint density at radius 3 is 2.59 bits per heavy atom. The SMILES string of the molecule is CN1C(=O)N(CC(=O)N2CCCC(c3nnc4n3CCCCC4)C2)C(=O)C12CCCCC2. The molecule has 0 N–H and O–H groups in total. The quantitative estimate of drug-likeness (QED) is 0.670. The van der Waals surface area contributed by atoms with Gasteiger partial charge in [0, 0.05) is 39.0 Å². The first-order chi connectivity index (χ1) is 15.5. The van der Waals surface area contributed by atoms with Crippen molar-refractivity contribution >= 4 is 17.8 Å². The molecule has 4 amide bonds. The Kier molecular flexibility index (Phi) is 5.67. The van der Waals surface area contributed by atoms with E-state index in [2.05, 4.69) is 14.8 Å². The zero-order valence-electron chi connectivity index (χ0n) is 19.1. The minimum atomic E-state index is -0.737. The van der Waals surface area contributed by atoms with Gasteiger partial charge in [0.25, 0.3) is 5.91 Å². The summed E-state index contributed by atoms with van der Waals surface area (Å²) in [5.74, 6) is 1.88. The predicted octanol–water partition coefficient (Wildman–Crippen LogP) is 2.31. The average Bonchev–Trinajstić information content (AvgIpc) is 3.17. The molecule has 4 heterocycles. The van der Waals surface area contributed by atoms with Crippen molar-refractivity contribution in [2.75, 3.05) is 26.7 Å². The van der Waals surface area contributed by atoms with Crippen LogP contribution in [0.2, 0.25) is 0 Å². The van der Waals surface area contributed by atoms with E-state index in [0.29, 0.717) is 25.9 Å². The van der Waals surface area contributed by atoms with Crippen LogP contribution in [-0.4, -0.2) is 79.5 Å². The number of hydrogen-bond acceptors (Lipinski definition) is 5. The van der Waals surface area contributed by atoms with E-state index in [9.17, 15) is 14.4 Å². The molecular weight excluding hydrogens is 408 g/mol. The van der Waals surface area contributed by atoms with Crippen LogP contribution in [0.1, 0.15) is 81.8 Å². The van der Waals surface area contributed by atoms with Gasteiger partial charge < -0.3 is 14.4 Å². The summed E-state index contributed by atoms with van der Waals surface area (Å²) >= 11 is 0. The van der Waals surface area contributed by atoms with Gasteiger partial charge in [-0.2, -0.15) is 0 Å². The van der Waals surface area contributed by atoms with E-state index in [1.54, 1.807) is 11.9 Å². The molecule has 5 rings (SSSR count). The van der Waals surface area contributed by atoms with Crippen molar-refractivity contribution in [2.24, 2.45) is 0 Å². The van der Waals surface area contributed by atoms with E-state index in [0.717, 1.165) is 69.6 Å². The Bertz CT molecular complexity index is 906.